The minimum atomic E-state index is 0.451. The largest absolute Gasteiger partial charge is 0.305 e. The van der Waals surface area contributed by atoms with Crippen LogP contribution in [0.15, 0.2) is 29.6 Å². The summed E-state index contributed by atoms with van der Waals surface area (Å²) in [6.07, 6.45) is 1.14. The SMILES string of the molecule is CCc1ccc(CN[C@H](C)c2cccs2)s1. The Hall–Kier alpha value is -0.640. The van der Waals surface area contributed by atoms with E-state index in [-0.39, 0.29) is 0 Å². The van der Waals surface area contributed by atoms with Crippen LogP contribution >= 0.6 is 22.7 Å². The molecule has 2 heterocycles. The van der Waals surface area contributed by atoms with E-state index in [2.05, 4.69) is 48.8 Å². The zero-order valence-electron chi connectivity index (χ0n) is 9.69. The summed E-state index contributed by atoms with van der Waals surface area (Å²) in [5.41, 5.74) is 0. The van der Waals surface area contributed by atoms with Crippen LogP contribution in [0.1, 0.15) is 34.5 Å². The number of nitrogens with one attached hydrogen (secondary N) is 1. The van der Waals surface area contributed by atoms with E-state index in [0.29, 0.717) is 6.04 Å². The van der Waals surface area contributed by atoms with E-state index >= 15 is 0 Å². The molecule has 0 aliphatic rings. The van der Waals surface area contributed by atoms with E-state index in [1.54, 1.807) is 0 Å². The van der Waals surface area contributed by atoms with Gasteiger partial charge in [0, 0.05) is 27.2 Å². The summed E-state index contributed by atoms with van der Waals surface area (Å²) in [6, 6.07) is 9.22. The van der Waals surface area contributed by atoms with E-state index in [0.717, 1.165) is 13.0 Å². The highest BCUT2D eigenvalue weighted by Crippen LogP contribution is 2.21. The Balaban J connectivity index is 1.87. The lowest BCUT2D eigenvalue weighted by molar-refractivity contribution is 0.587. The molecule has 86 valence electrons. The molecule has 16 heavy (non-hydrogen) atoms. The lowest BCUT2D eigenvalue weighted by atomic mass is 10.2. The van der Waals surface area contributed by atoms with Crippen LogP contribution in [0.3, 0.4) is 0 Å². The molecule has 1 N–H and O–H groups in total. The fraction of sp³-hybridized carbons (Fsp3) is 0.385. The van der Waals surface area contributed by atoms with E-state index in [1.807, 2.05) is 22.7 Å². The molecule has 1 nitrogen and oxygen atoms in total. The second-order valence-electron chi connectivity index (χ2n) is 3.84. The zero-order valence-corrected chi connectivity index (χ0v) is 11.3. The van der Waals surface area contributed by atoms with Crippen molar-refractivity contribution < 1.29 is 0 Å². The maximum Gasteiger partial charge on any atom is 0.0389 e. The monoisotopic (exact) mass is 251 g/mol. The van der Waals surface area contributed by atoms with Gasteiger partial charge in [0.1, 0.15) is 0 Å². The van der Waals surface area contributed by atoms with Crippen molar-refractivity contribution in [1.29, 1.82) is 0 Å². The Morgan fingerprint density at radius 1 is 1.25 bits per heavy atom. The number of rotatable bonds is 5. The van der Waals surface area contributed by atoms with Gasteiger partial charge in [0.05, 0.1) is 0 Å². The van der Waals surface area contributed by atoms with Gasteiger partial charge in [0.15, 0.2) is 0 Å². The molecule has 0 aliphatic heterocycles. The molecule has 2 aromatic rings. The Bertz CT molecular complexity index is 417. The summed E-state index contributed by atoms with van der Waals surface area (Å²) in [5.74, 6) is 0. The van der Waals surface area contributed by atoms with Crippen LogP contribution in [0, 0.1) is 0 Å². The molecule has 0 radical (unpaired) electrons. The van der Waals surface area contributed by atoms with Crippen LogP contribution in [0.5, 0.6) is 0 Å². The first-order valence-corrected chi connectivity index (χ1v) is 7.33. The Kier molecular flexibility index (Phi) is 4.16. The Morgan fingerprint density at radius 3 is 2.69 bits per heavy atom. The molecular formula is C13H17NS2. The van der Waals surface area contributed by atoms with Gasteiger partial charge in [0.2, 0.25) is 0 Å². The van der Waals surface area contributed by atoms with Crippen LogP contribution < -0.4 is 5.32 Å². The third-order valence-electron chi connectivity index (χ3n) is 2.62. The van der Waals surface area contributed by atoms with Gasteiger partial charge in [0.25, 0.3) is 0 Å². The van der Waals surface area contributed by atoms with Crippen molar-refractivity contribution in [3.05, 3.63) is 44.3 Å². The second-order valence-corrected chi connectivity index (χ2v) is 6.07. The van der Waals surface area contributed by atoms with E-state index in [4.69, 9.17) is 0 Å². The fourth-order valence-corrected chi connectivity index (χ4v) is 3.27. The van der Waals surface area contributed by atoms with Crippen LogP contribution in [0.25, 0.3) is 0 Å². The van der Waals surface area contributed by atoms with E-state index < -0.39 is 0 Å². The van der Waals surface area contributed by atoms with E-state index in [9.17, 15) is 0 Å². The molecule has 0 spiro atoms. The third kappa shape index (κ3) is 2.94. The fourth-order valence-electron chi connectivity index (χ4n) is 1.60. The molecule has 0 bridgehead atoms. The minimum Gasteiger partial charge on any atom is -0.305 e. The maximum absolute atomic E-state index is 3.56. The van der Waals surface area contributed by atoms with Crippen LogP contribution in [-0.4, -0.2) is 0 Å². The molecule has 0 fully saturated rings. The normalized spacial score (nSPS) is 12.9. The highest BCUT2D eigenvalue weighted by molar-refractivity contribution is 7.12. The quantitative estimate of drug-likeness (QED) is 0.839. The first-order valence-electron chi connectivity index (χ1n) is 5.64. The number of aryl methyl sites for hydroxylation is 1. The number of hydrogen-bond donors (Lipinski definition) is 1. The first kappa shape index (κ1) is 11.8. The molecular weight excluding hydrogens is 234 g/mol. The number of hydrogen-bond acceptors (Lipinski definition) is 3. The molecule has 0 aliphatic carbocycles. The summed E-state index contributed by atoms with van der Waals surface area (Å²) in [6.45, 7) is 5.40. The van der Waals surface area contributed by atoms with Crippen LogP contribution in [-0.2, 0) is 13.0 Å². The lowest BCUT2D eigenvalue weighted by Crippen LogP contribution is -2.16. The van der Waals surface area contributed by atoms with E-state index in [1.165, 1.54) is 14.6 Å². The highest BCUT2D eigenvalue weighted by atomic mass is 32.1. The summed E-state index contributed by atoms with van der Waals surface area (Å²) in [5, 5.41) is 5.69. The average molecular weight is 251 g/mol. The molecule has 0 saturated carbocycles. The maximum atomic E-state index is 3.56. The molecule has 1 atom stereocenters. The van der Waals surface area contributed by atoms with Crippen molar-refractivity contribution in [3.63, 3.8) is 0 Å². The van der Waals surface area contributed by atoms with Gasteiger partial charge < -0.3 is 5.32 Å². The first-order chi connectivity index (χ1) is 7.79. The van der Waals surface area contributed by atoms with Crippen molar-refractivity contribution in [2.75, 3.05) is 0 Å². The van der Waals surface area contributed by atoms with Crippen molar-refractivity contribution in [2.24, 2.45) is 0 Å². The van der Waals surface area contributed by atoms with Crippen LogP contribution in [0.4, 0.5) is 0 Å². The predicted octanol–water partition coefficient (Wildman–Crippen LogP) is 4.22. The molecule has 0 saturated heterocycles. The van der Waals surface area contributed by atoms with Gasteiger partial charge in [-0.25, -0.2) is 0 Å². The zero-order chi connectivity index (χ0) is 11.4. The van der Waals surface area contributed by atoms with Crippen molar-refractivity contribution >= 4 is 22.7 Å². The van der Waals surface area contributed by atoms with Crippen LogP contribution in [0.2, 0.25) is 0 Å². The summed E-state index contributed by atoms with van der Waals surface area (Å²) >= 11 is 3.73. The smallest absolute Gasteiger partial charge is 0.0389 e. The molecule has 0 aromatic carbocycles. The summed E-state index contributed by atoms with van der Waals surface area (Å²) in [7, 11) is 0. The summed E-state index contributed by atoms with van der Waals surface area (Å²) < 4.78 is 0. The van der Waals surface area contributed by atoms with Gasteiger partial charge in [-0.05, 0) is 36.9 Å². The van der Waals surface area contributed by atoms with Crippen molar-refractivity contribution in [1.82, 2.24) is 5.32 Å². The Morgan fingerprint density at radius 2 is 2.06 bits per heavy atom. The summed E-state index contributed by atoms with van der Waals surface area (Å²) in [4.78, 5) is 4.31. The number of thiophene rings is 2. The lowest BCUT2D eigenvalue weighted by Gasteiger charge is -2.10. The van der Waals surface area contributed by atoms with Crippen molar-refractivity contribution in [3.8, 4) is 0 Å². The Labute approximate surface area is 105 Å². The van der Waals surface area contributed by atoms with Gasteiger partial charge >= 0.3 is 0 Å². The van der Waals surface area contributed by atoms with Gasteiger partial charge in [-0.15, -0.1) is 22.7 Å². The topological polar surface area (TPSA) is 12.0 Å². The molecule has 0 unspecified atom stereocenters. The predicted molar refractivity (Wildman–Crippen MR) is 73.3 cm³/mol. The van der Waals surface area contributed by atoms with Gasteiger partial charge in [-0.1, -0.05) is 13.0 Å². The third-order valence-corrected chi connectivity index (χ3v) is 4.90. The van der Waals surface area contributed by atoms with Crippen molar-refractivity contribution in [2.45, 2.75) is 32.9 Å². The second kappa shape index (κ2) is 5.62. The molecule has 2 rings (SSSR count). The molecule has 3 heteroatoms. The van der Waals surface area contributed by atoms with Gasteiger partial charge in [-0.2, -0.15) is 0 Å². The average Bonchev–Trinajstić information content (AvgIpc) is 2.96. The molecule has 2 aromatic heterocycles. The standard InChI is InChI=1S/C13H17NS2/c1-3-11-6-7-12(16-11)9-14-10(2)13-5-4-8-15-13/h4-8,10,14H,3,9H2,1-2H3/t10-/m1/s1. The molecule has 0 amide bonds. The minimum absolute atomic E-state index is 0.451. The van der Waals surface area contributed by atoms with Gasteiger partial charge in [-0.3, -0.25) is 0 Å². The highest BCUT2D eigenvalue weighted by Gasteiger charge is 2.06.